The lowest BCUT2D eigenvalue weighted by molar-refractivity contribution is 0.104. The summed E-state index contributed by atoms with van der Waals surface area (Å²) in [7, 11) is 1.62. The highest BCUT2D eigenvalue weighted by Gasteiger charge is 2.26. The standard InChI is InChI=1S/C25H24FN3O2/c1-28-25(31)24(29-16-6-3-7-17-29)22(23(27-28)19-8-4-2-5-9-19)21(30)15-12-18-10-13-20(26)14-11-18/h2,4-5,8-15H,3,6-7,16-17H2,1H3/b15-12+. The molecule has 158 valence electrons. The highest BCUT2D eigenvalue weighted by Crippen LogP contribution is 2.29. The molecule has 1 aromatic heterocycles. The number of aryl methyl sites for hydroxylation is 1. The van der Waals surface area contributed by atoms with Gasteiger partial charge in [0.1, 0.15) is 17.2 Å². The molecule has 4 rings (SSSR count). The average molecular weight is 417 g/mol. The Balaban J connectivity index is 1.86. The maximum atomic E-state index is 13.4. The molecule has 0 amide bonds. The van der Waals surface area contributed by atoms with Gasteiger partial charge in [0, 0.05) is 25.7 Å². The zero-order chi connectivity index (χ0) is 21.8. The molecule has 0 N–H and O–H groups in total. The lowest BCUT2D eigenvalue weighted by Gasteiger charge is -2.30. The van der Waals surface area contributed by atoms with Crippen LogP contribution in [0.1, 0.15) is 35.2 Å². The molecular weight excluding hydrogens is 393 g/mol. The predicted molar refractivity (Wildman–Crippen MR) is 121 cm³/mol. The van der Waals surface area contributed by atoms with E-state index in [9.17, 15) is 14.0 Å². The number of ketones is 1. The minimum absolute atomic E-state index is 0.278. The number of hydrogen-bond acceptors (Lipinski definition) is 4. The van der Waals surface area contributed by atoms with Crippen molar-refractivity contribution in [2.45, 2.75) is 19.3 Å². The Morgan fingerprint density at radius 3 is 2.35 bits per heavy atom. The van der Waals surface area contributed by atoms with Crippen molar-refractivity contribution in [2.24, 2.45) is 7.05 Å². The molecule has 1 fully saturated rings. The minimum Gasteiger partial charge on any atom is -0.366 e. The number of carbonyl (C=O) groups is 1. The third-order valence-corrected chi connectivity index (χ3v) is 5.48. The van der Waals surface area contributed by atoms with Crippen LogP contribution in [0.4, 0.5) is 10.1 Å². The van der Waals surface area contributed by atoms with Crippen molar-refractivity contribution >= 4 is 17.5 Å². The third kappa shape index (κ3) is 4.48. The fraction of sp³-hybridized carbons (Fsp3) is 0.240. The van der Waals surface area contributed by atoms with Crippen LogP contribution in [0.15, 0.2) is 65.5 Å². The quantitative estimate of drug-likeness (QED) is 0.454. The molecule has 0 unspecified atom stereocenters. The Labute approximate surface area is 180 Å². The van der Waals surface area contributed by atoms with Crippen LogP contribution in [0.2, 0.25) is 0 Å². The van der Waals surface area contributed by atoms with Crippen LogP contribution in [0, 0.1) is 5.82 Å². The lowest BCUT2D eigenvalue weighted by Crippen LogP contribution is -2.38. The molecule has 3 aromatic rings. The fourth-order valence-electron chi connectivity index (χ4n) is 3.89. The van der Waals surface area contributed by atoms with Gasteiger partial charge in [-0.05, 0) is 43.0 Å². The zero-order valence-corrected chi connectivity index (χ0v) is 17.4. The molecule has 2 aromatic carbocycles. The molecule has 1 aliphatic heterocycles. The molecule has 0 radical (unpaired) electrons. The van der Waals surface area contributed by atoms with Gasteiger partial charge in [0.2, 0.25) is 0 Å². The lowest BCUT2D eigenvalue weighted by atomic mass is 9.99. The van der Waals surface area contributed by atoms with Crippen molar-refractivity contribution in [3.8, 4) is 11.3 Å². The second kappa shape index (κ2) is 9.08. The number of nitrogens with zero attached hydrogens (tertiary/aromatic N) is 3. The number of hydrogen-bond donors (Lipinski definition) is 0. The van der Waals surface area contributed by atoms with Gasteiger partial charge in [-0.3, -0.25) is 9.59 Å². The van der Waals surface area contributed by atoms with E-state index in [-0.39, 0.29) is 17.2 Å². The number of halogens is 1. The molecule has 0 aliphatic carbocycles. The first-order valence-electron chi connectivity index (χ1n) is 10.4. The van der Waals surface area contributed by atoms with Gasteiger partial charge < -0.3 is 4.90 Å². The molecule has 0 saturated carbocycles. The minimum atomic E-state index is -0.335. The van der Waals surface area contributed by atoms with Gasteiger partial charge >= 0.3 is 0 Å². The average Bonchev–Trinajstić information content (AvgIpc) is 2.81. The molecule has 0 atom stereocenters. The van der Waals surface area contributed by atoms with Crippen molar-refractivity contribution in [1.82, 2.24) is 9.78 Å². The Kier molecular flexibility index (Phi) is 6.07. The van der Waals surface area contributed by atoms with Crippen LogP contribution in [0.5, 0.6) is 0 Å². The van der Waals surface area contributed by atoms with Crippen LogP contribution in [0.25, 0.3) is 17.3 Å². The highest BCUT2D eigenvalue weighted by atomic mass is 19.1. The predicted octanol–water partition coefficient (Wildman–Crippen LogP) is 4.47. The van der Waals surface area contributed by atoms with Crippen LogP contribution < -0.4 is 10.5 Å². The largest absolute Gasteiger partial charge is 0.366 e. The second-order valence-corrected chi connectivity index (χ2v) is 7.66. The Hall–Kier alpha value is -3.54. The van der Waals surface area contributed by atoms with Crippen LogP contribution >= 0.6 is 0 Å². The van der Waals surface area contributed by atoms with Gasteiger partial charge in [0.15, 0.2) is 5.78 Å². The van der Waals surface area contributed by atoms with Gasteiger partial charge in [0.25, 0.3) is 5.56 Å². The van der Waals surface area contributed by atoms with E-state index in [2.05, 4.69) is 5.10 Å². The van der Waals surface area contributed by atoms with Gasteiger partial charge in [0.05, 0.1) is 5.56 Å². The summed E-state index contributed by atoms with van der Waals surface area (Å²) in [5, 5.41) is 4.46. The molecule has 1 aliphatic rings. The normalized spacial score (nSPS) is 14.2. The molecular formula is C25H24FN3O2. The van der Waals surface area contributed by atoms with E-state index < -0.39 is 0 Å². The topological polar surface area (TPSA) is 55.2 Å². The third-order valence-electron chi connectivity index (χ3n) is 5.48. The van der Waals surface area contributed by atoms with E-state index in [1.54, 1.807) is 25.3 Å². The van der Waals surface area contributed by atoms with E-state index in [0.717, 1.165) is 37.9 Å². The number of aromatic nitrogens is 2. The van der Waals surface area contributed by atoms with Crippen molar-refractivity contribution in [3.63, 3.8) is 0 Å². The maximum absolute atomic E-state index is 13.4. The number of rotatable bonds is 5. The van der Waals surface area contributed by atoms with E-state index in [4.69, 9.17) is 0 Å². The number of carbonyl (C=O) groups excluding carboxylic acids is 1. The van der Waals surface area contributed by atoms with E-state index >= 15 is 0 Å². The smallest absolute Gasteiger partial charge is 0.290 e. The second-order valence-electron chi connectivity index (χ2n) is 7.66. The van der Waals surface area contributed by atoms with Gasteiger partial charge in [-0.1, -0.05) is 48.5 Å². The van der Waals surface area contributed by atoms with Gasteiger partial charge in [-0.2, -0.15) is 5.10 Å². The van der Waals surface area contributed by atoms with Gasteiger partial charge in [-0.25, -0.2) is 9.07 Å². The summed E-state index contributed by atoms with van der Waals surface area (Å²) in [4.78, 5) is 28.6. The monoisotopic (exact) mass is 417 g/mol. The van der Waals surface area contributed by atoms with Crippen molar-refractivity contribution in [1.29, 1.82) is 0 Å². The first kappa shape index (κ1) is 20.7. The maximum Gasteiger partial charge on any atom is 0.290 e. The zero-order valence-electron chi connectivity index (χ0n) is 17.4. The summed E-state index contributed by atoms with van der Waals surface area (Å²) in [6.45, 7) is 1.46. The fourth-order valence-corrected chi connectivity index (χ4v) is 3.89. The summed E-state index contributed by atoms with van der Waals surface area (Å²) in [5.74, 6) is -0.632. The Morgan fingerprint density at radius 2 is 1.68 bits per heavy atom. The van der Waals surface area contributed by atoms with Crippen LogP contribution in [-0.4, -0.2) is 28.7 Å². The molecule has 1 saturated heterocycles. The van der Waals surface area contributed by atoms with Crippen LogP contribution in [0.3, 0.4) is 0 Å². The Bertz CT molecular complexity index is 1160. The van der Waals surface area contributed by atoms with Crippen molar-refractivity contribution in [2.75, 3.05) is 18.0 Å². The number of allylic oxidation sites excluding steroid dienone is 1. The molecule has 0 spiro atoms. The SMILES string of the molecule is Cn1nc(-c2ccccc2)c(C(=O)/C=C/c2ccc(F)cc2)c(N2CCCCC2)c1=O. The van der Waals surface area contributed by atoms with E-state index in [1.807, 2.05) is 35.2 Å². The summed E-state index contributed by atoms with van der Waals surface area (Å²) < 4.78 is 14.5. The van der Waals surface area contributed by atoms with Crippen LogP contribution in [-0.2, 0) is 7.05 Å². The summed E-state index contributed by atoms with van der Waals surface area (Å²) in [5.41, 5.74) is 2.40. The molecule has 6 heteroatoms. The number of piperidine rings is 1. The van der Waals surface area contributed by atoms with E-state index in [0.29, 0.717) is 22.5 Å². The van der Waals surface area contributed by atoms with Crippen molar-refractivity contribution in [3.05, 3.63) is 88.0 Å². The highest BCUT2D eigenvalue weighted by molar-refractivity contribution is 6.14. The van der Waals surface area contributed by atoms with E-state index in [1.165, 1.54) is 22.9 Å². The Morgan fingerprint density at radius 1 is 1.00 bits per heavy atom. The van der Waals surface area contributed by atoms with Gasteiger partial charge in [-0.15, -0.1) is 0 Å². The molecule has 0 bridgehead atoms. The molecule has 31 heavy (non-hydrogen) atoms. The summed E-state index contributed by atoms with van der Waals surface area (Å²) >= 11 is 0. The molecule has 5 nitrogen and oxygen atoms in total. The first-order chi connectivity index (χ1) is 15.0. The first-order valence-corrected chi connectivity index (χ1v) is 10.4. The van der Waals surface area contributed by atoms with Crippen molar-refractivity contribution < 1.29 is 9.18 Å². The summed E-state index contributed by atoms with van der Waals surface area (Å²) in [6, 6.07) is 15.3. The molecule has 2 heterocycles. The summed E-state index contributed by atoms with van der Waals surface area (Å²) in [6.07, 6.45) is 6.13. The number of anilines is 1. The number of benzene rings is 2.